The molecule has 0 saturated carbocycles. The number of rotatable bonds is 5. The highest BCUT2D eigenvalue weighted by atomic mass is 16.5. The number of β-amino-alcohol motifs (C(OH)–C–C–N with tert-alkyl or cyclic N) is 1. The number of amides is 1. The number of nitrogens with zero attached hydrogens (tertiary/aromatic N) is 3. The summed E-state index contributed by atoms with van der Waals surface area (Å²) in [6.07, 6.45) is 0.628. The molecule has 2 aliphatic rings. The van der Waals surface area contributed by atoms with Gasteiger partial charge in [0, 0.05) is 57.5 Å². The van der Waals surface area contributed by atoms with E-state index in [9.17, 15) is 9.90 Å². The summed E-state index contributed by atoms with van der Waals surface area (Å²) in [5.41, 5.74) is 0.839. The Morgan fingerprint density at radius 2 is 2.17 bits per heavy atom. The van der Waals surface area contributed by atoms with Crippen LogP contribution in [0.2, 0.25) is 0 Å². The average Bonchev–Trinajstić information content (AvgIpc) is 3.13. The van der Waals surface area contributed by atoms with E-state index in [1.54, 1.807) is 4.90 Å². The molecule has 1 N–H and O–H groups in total. The molecule has 7 heteroatoms. The van der Waals surface area contributed by atoms with Crippen molar-refractivity contribution in [1.82, 2.24) is 15.0 Å². The topological polar surface area (TPSA) is 79.0 Å². The number of aryl methyl sites for hydroxylation is 1. The first-order valence-corrected chi connectivity index (χ1v) is 8.30. The third kappa shape index (κ3) is 4.31. The number of aromatic nitrogens is 1. The molecule has 3 rings (SSSR count). The Hall–Kier alpha value is -1.44. The quantitative estimate of drug-likeness (QED) is 0.826. The number of hydrogen-bond acceptors (Lipinski definition) is 6. The van der Waals surface area contributed by atoms with Gasteiger partial charge in [0.25, 0.3) is 0 Å². The Morgan fingerprint density at radius 1 is 1.39 bits per heavy atom. The summed E-state index contributed by atoms with van der Waals surface area (Å²) in [4.78, 5) is 16.4. The van der Waals surface area contributed by atoms with Gasteiger partial charge in [-0.3, -0.25) is 9.69 Å². The van der Waals surface area contributed by atoms with E-state index < -0.39 is 6.10 Å². The van der Waals surface area contributed by atoms with E-state index in [1.807, 2.05) is 13.0 Å². The molecule has 1 amide bonds. The number of ether oxygens (including phenoxy) is 1. The standard InChI is InChI=1S/C16H25N3O4/c1-12-8-14(23-17-12)9-13-10-19(11-15(13)20)16(21)2-3-18-4-6-22-7-5-18/h8,13,15,20H,2-7,9-11H2,1H3/t13-,15-/m1/s1. The lowest BCUT2D eigenvalue weighted by Crippen LogP contribution is -2.39. The van der Waals surface area contributed by atoms with Crippen LogP contribution in [-0.4, -0.2) is 78.0 Å². The van der Waals surface area contributed by atoms with Crippen LogP contribution in [0.1, 0.15) is 17.9 Å². The average molecular weight is 323 g/mol. The predicted octanol–water partition coefficient (Wildman–Crippen LogP) is 0.0671. The van der Waals surface area contributed by atoms with Crippen molar-refractivity contribution in [3.63, 3.8) is 0 Å². The second-order valence-electron chi connectivity index (χ2n) is 6.47. The van der Waals surface area contributed by atoms with Gasteiger partial charge >= 0.3 is 0 Å². The van der Waals surface area contributed by atoms with Crippen LogP contribution < -0.4 is 0 Å². The Labute approximate surface area is 136 Å². The van der Waals surface area contributed by atoms with Crippen LogP contribution in [-0.2, 0) is 16.0 Å². The molecule has 0 aromatic carbocycles. The molecule has 2 saturated heterocycles. The van der Waals surface area contributed by atoms with Crippen molar-refractivity contribution in [3.05, 3.63) is 17.5 Å². The maximum Gasteiger partial charge on any atom is 0.223 e. The second kappa shape index (κ2) is 7.42. The summed E-state index contributed by atoms with van der Waals surface area (Å²) in [5.74, 6) is 0.913. The van der Waals surface area contributed by atoms with Crippen LogP contribution in [0.5, 0.6) is 0 Å². The molecule has 1 aromatic heterocycles. The zero-order valence-electron chi connectivity index (χ0n) is 13.6. The molecular formula is C16H25N3O4. The van der Waals surface area contributed by atoms with Gasteiger partial charge in [0.1, 0.15) is 5.76 Å². The zero-order valence-corrected chi connectivity index (χ0v) is 13.6. The van der Waals surface area contributed by atoms with Gasteiger partial charge in [0.05, 0.1) is 25.0 Å². The summed E-state index contributed by atoms with van der Waals surface area (Å²) in [5, 5.41) is 14.1. The van der Waals surface area contributed by atoms with E-state index >= 15 is 0 Å². The molecule has 1 aromatic rings. The molecule has 3 heterocycles. The number of morpholine rings is 1. The van der Waals surface area contributed by atoms with Gasteiger partial charge in [0.15, 0.2) is 0 Å². The zero-order chi connectivity index (χ0) is 16.2. The van der Waals surface area contributed by atoms with E-state index in [0.717, 1.165) is 44.3 Å². The minimum absolute atomic E-state index is 0.0229. The van der Waals surface area contributed by atoms with Crippen LogP contribution in [0.3, 0.4) is 0 Å². The van der Waals surface area contributed by atoms with E-state index in [2.05, 4.69) is 10.1 Å². The number of hydrogen-bond donors (Lipinski definition) is 1. The third-order valence-electron chi connectivity index (χ3n) is 4.64. The molecule has 0 unspecified atom stereocenters. The van der Waals surface area contributed by atoms with Gasteiger partial charge in [0.2, 0.25) is 5.91 Å². The molecule has 23 heavy (non-hydrogen) atoms. The fourth-order valence-corrected chi connectivity index (χ4v) is 3.27. The lowest BCUT2D eigenvalue weighted by atomic mass is 10.0. The minimum atomic E-state index is -0.493. The van der Waals surface area contributed by atoms with Crippen LogP contribution >= 0.6 is 0 Å². The van der Waals surface area contributed by atoms with Crippen molar-refractivity contribution in [2.75, 3.05) is 45.9 Å². The first kappa shape index (κ1) is 16.4. The molecule has 7 nitrogen and oxygen atoms in total. The molecule has 0 aliphatic carbocycles. The molecular weight excluding hydrogens is 298 g/mol. The number of carbonyl (C=O) groups is 1. The monoisotopic (exact) mass is 323 g/mol. The number of likely N-dealkylation sites (tertiary alicyclic amines) is 1. The Morgan fingerprint density at radius 3 is 2.87 bits per heavy atom. The normalized spacial score (nSPS) is 25.9. The Balaban J connectivity index is 1.46. The first-order chi connectivity index (χ1) is 11.1. The van der Waals surface area contributed by atoms with Crippen molar-refractivity contribution < 1.29 is 19.2 Å². The van der Waals surface area contributed by atoms with Crippen molar-refractivity contribution in [3.8, 4) is 0 Å². The highest BCUT2D eigenvalue weighted by molar-refractivity contribution is 5.76. The van der Waals surface area contributed by atoms with Gasteiger partial charge in [-0.2, -0.15) is 0 Å². The largest absolute Gasteiger partial charge is 0.391 e. The van der Waals surface area contributed by atoms with Crippen molar-refractivity contribution in [2.24, 2.45) is 5.92 Å². The lowest BCUT2D eigenvalue weighted by Gasteiger charge is -2.27. The summed E-state index contributed by atoms with van der Waals surface area (Å²) < 4.78 is 10.5. The maximum absolute atomic E-state index is 12.4. The predicted molar refractivity (Wildman–Crippen MR) is 82.9 cm³/mol. The highest BCUT2D eigenvalue weighted by Gasteiger charge is 2.34. The molecule has 2 atom stereocenters. The number of aliphatic hydroxyl groups is 1. The number of carbonyl (C=O) groups excluding carboxylic acids is 1. The summed E-state index contributed by atoms with van der Waals surface area (Å²) in [7, 11) is 0. The van der Waals surface area contributed by atoms with Gasteiger partial charge in [-0.1, -0.05) is 5.16 Å². The molecule has 128 valence electrons. The highest BCUT2D eigenvalue weighted by Crippen LogP contribution is 2.22. The van der Waals surface area contributed by atoms with Gasteiger partial charge < -0.3 is 19.3 Å². The van der Waals surface area contributed by atoms with E-state index in [0.29, 0.717) is 25.9 Å². The molecule has 0 radical (unpaired) electrons. The van der Waals surface area contributed by atoms with Crippen LogP contribution in [0, 0.1) is 12.8 Å². The summed E-state index contributed by atoms with van der Waals surface area (Å²) in [6.45, 7) is 6.92. The first-order valence-electron chi connectivity index (χ1n) is 8.30. The van der Waals surface area contributed by atoms with Crippen LogP contribution in [0.4, 0.5) is 0 Å². The van der Waals surface area contributed by atoms with Crippen LogP contribution in [0.15, 0.2) is 10.6 Å². The Bertz CT molecular complexity index is 527. The molecule has 0 spiro atoms. The maximum atomic E-state index is 12.4. The molecule has 2 aliphatic heterocycles. The summed E-state index contributed by atoms with van der Waals surface area (Å²) in [6, 6.07) is 1.88. The van der Waals surface area contributed by atoms with Gasteiger partial charge in [-0.25, -0.2) is 0 Å². The van der Waals surface area contributed by atoms with Crippen molar-refractivity contribution >= 4 is 5.91 Å². The lowest BCUT2D eigenvalue weighted by molar-refractivity contribution is -0.131. The summed E-state index contributed by atoms with van der Waals surface area (Å²) >= 11 is 0. The van der Waals surface area contributed by atoms with E-state index in [1.165, 1.54) is 0 Å². The third-order valence-corrected chi connectivity index (χ3v) is 4.64. The van der Waals surface area contributed by atoms with Gasteiger partial charge in [-0.05, 0) is 6.92 Å². The fraction of sp³-hybridized carbons (Fsp3) is 0.750. The van der Waals surface area contributed by atoms with E-state index in [-0.39, 0.29) is 11.8 Å². The second-order valence-corrected chi connectivity index (χ2v) is 6.47. The van der Waals surface area contributed by atoms with Gasteiger partial charge in [-0.15, -0.1) is 0 Å². The van der Waals surface area contributed by atoms with Crippen LogP contribution in [0.25, 0.3) is 0 Å². The molecule has 2 fully saturated rings. The SMILES string of the molecule is Cc1cc(C[C@@H]2CN(C(=O)CCN3CCOCC3)C[C@H]2O)on1. The number of aliphatic hydroxyl groups excluding tert-OH is 1. The van der Waals surface area contributed by atoms with E-state index in [4.69, 9.17) is 9.26 Å². The molecule has 0 bridgehead atoms. The Kier molecular flexibility index (Phi) is 5.30. The van der Waals surface area contributed by atoms with Crippen molar-refractivity contribution in [2.45, 2.75) is 25.9 Å². The van der Waals surface area contributed by atoms with Crippen molar-refractivity contribution in [1.29, 1.82) is 0 Å². The smallest absolute Gasteiger partial charge is 0.223 e. The minimum Gasteiger partial charge on any atom is -0.391 e. The fourth-order valence-electron chi connectivity index (χ4n) is 3.27.